The summed E-state index contributed by atoms with van der Waals surface area (Å²) in [5.41, 5.74) is 5.05. The molecule has 0 rings (SSSR count). The third kappa shape index (κ3) is 7.08. The van der Waals surface area contributed by atoms with Crippen LogP contribution in [-0.4, -0.2) is 23.4 Å². The van der Waals surface area contributed by atoms with E-state index in [2.05, 4.69) is 0 Å². The maximum absolute atomic E-state index is 11.3. The molecule has 0 aromatic heterocycles. The van der Waals surface area contributed by atoms with Gasteiger partial charge < -0.3 is 10.5 Å². The van der Waals surface area contributed by atoms with Gasteiger partial charge in [-0.3, -0.25) is 9.59 Å². The molecular weight excluding hydrogens is 194 g/mol. The number of rotatable bonds is 5. The van der Waals surface area contributed by atoms with E-state index in [-0.39, 0.29) is 12.2 Å². The molecule has 0 aliphatic rings. The summed E-state index contributed by atoms with van der Waals surface area (Å²) in [6.07, 6.45) is 1.14. The molecule has 1 atom stereocenters. The molecule has 0 radical (unpaired) electrons. The van der Waals surface area contributed by atoms with Gasteiger partial charge in [-0.1, -0.05) is 6.92 Å². The first-order valence-electron chi connectivity index (χ1n) is 5.26. The minimum absolute atomic E-state index is 0.0316. The Morgan fingerprint density at radius 2 is 1.87 bits per heavy atom. The van der Waals surface area contributed by atoms with E-state index in [1.54, 1.807) is 20.8 Å². The van der Waals surface area contributed by atoms with Crippen molar-refractivity contribution < 1.29 is 14.3 Å². The number of esters is 1. The molecule has 4 heteroatoms. The fourth-order valence-corrected chi connectivity index (χ4v) is 1.11. The average Bonchev–Trinajstić information content (AvgIpc) is 2.00. The van der Waals surface area contributed by atoms with Gasteiger partial charge >= 0.3 is 5.97 Å². The van der Waals surface area contributed by atoms with E-state index >= 15 is 0 Å². The molecule has 4 nitrogen and oxygen atoms in total. The molecule has 0 amide bonds. The molecule has 0 aliphatic heterocycles. The quantitative estimate of drug-likeness (QED) is 0.704. The Kier molecular flexibility index (Phi) is 5.50. The van der Waals surface area contributed by atoms with Crippen molar-refractivity contribution in [3.8, 4) is 0 Å². The number of nitrogens with two attached hydrogens (primary N) is 1. The number of ketones is 1. The molecule has 0 saturated heterocycles. The Balaban J connectivity index is 4.02. The minimum Gasteiger partial charge on any atom is -0.460 e. The normalized spacial score (nSPS) is 13.4. The predicted octanol–water partition coefficient (Wildman–Crippen LogP) is 1.41. The fourth-order valence-electron chi connectivity index (χ4n) is 1.11. The molecule has 0 aliphatic carbocycles. The second-order valence-electron chi connectivity index (χ2n) is 4.61. The van der Waals surface area contributed by atoms with Crippen LogP contribution in [0.3, 0.4) is 0 Å². The molecule has 15 heavy (non-hydrogen) atoms. The van der Waals surface area contributed by atoms with E-state index in [9.17, 15) is 9.59 Å². The molecule has 0 aromatic carbocycles. The van der Waals surface area contributed by atoms with Crippen LogP contribution in [0.25, 0.3) is 0 Å². The second kappa shape index (κ2) is 5.85. The Labute approximate surface area is 91.2 Å². The smallest absolute Gasteiger partial charge is 0.308 e. The van der Waals surface area contributed by atoms with Crippen LogP contribution in [0, 0.1) is 0 Å². The second-order valence-corrected chi connectivity index (χ2v) is 4.61. The van der Waals surface area contributed by atoms with Crippen LogP contribution in [-0.2, 0) is 14.3 Å². The van der Waals surface area contributed by atoms with Gasteiger partial charge in [0.1, 0.15) is 11.4 Å². The summed E-state index contributed by atoms with van der Waals surface area (Å²) in [6, 6.07) is -0.722. The monoisotopic (exact) mass is 215 g/mol. The highest BCUT2D eigenvalue weighted by molar-refractivity contribution is 5.88. The summed E-state index contributed by atoms with van der Waals surface area (Å²) in [5, 5.41) is 0. The first-order valence-corrected chi connectivity index (χ1v) is 5.26. The molecule has 0 unspecified atom stereocenters. The Bertz CT molecular complexity index is 230. The van der Waals surface area contributed by atoms with Crippen molar-refractivity contribution in [3.63, 3.8) is 0 Å². The van der Waals surface area contributed by atoms with E-state index in [1.165, 1.54) is 0 Å². The van der Waals surface area contributed by atoms with Gasteiger partial charge in [0.25, 0.3) is 0 Å². The van der Waals surface area contributed by atoms with E-state index in [0.29, 0.717) is 6.42 Å². The van der Waals surface area contributed by atoms with Crippen LogP contribution >= 0.6 is 0 Å². The van der Waals surface area contributed by atoms with Crippen LogP contribution in [0.4, 0.5) is 0 Å². The van der Waals surface area contributed by atoms with E-state index in [4.69, 9.17) is 10.5 Å². The van der Waals surface area contributed by atoms with Gasteiger partial charge in [-0.05, 0) is 27.2 Å². The van der Waals surface area contributed by atoms with Gasteiger partial charge in [0.15, 0.2) is 0 Å². The Morgan fingerprint density at radius 1 is 1.33 bits per heavy atom. The first-order chi connectivity index (χ1) is 6.76. The highest BCUT2D eigenvalue weighted by Crippen LogP contribution is 2.09. The standard InChI is InChI=1S/C11H21NO3/c1-5-6-9(13)8(12)7-10(14)15-11(2,3)4/h8H,5-7,12H2,1-4H3/t8-/m0/s1. The molecule has 0 spiro atoms. The molecule has 0 bridgehead atoms. The summed E-state index contributed by atoms with van der Waals surface area (Å²) >= 11 is 0. The Hall–Kier alpha value is -0.900. The Morgan fingerprint density at radius 3 is 2.27 bits per heavy atom. The van der Waals surface area contributed by atoms with Crippen molar-refractivity contribution in [1.29, 1.82) is 0 Å². The summed E-state index contributed by atoms with van der Waals surface area (Å²) in [4.78, 5) is 22.6. The molecule has 88 valence electrons. The maximum atomic E-state index is 11.3. The third-order valence-corrected chi connectivity index (χ3v) is 1.72. The van der Waals surface area contributed by atoms with Crippen molar-refractivity contribution in [2.24, 2.45) is 5.73 Å². The van der Waals surface area contributed by atoms with Gasteiger partial charge in [-0.15, -0.1) is 0 Å². The summed E-state index contributed by atoms with van der Waals surface area (Å²) in [7, 11) is 0. The molecule has 0 aromatic rings. The number of hydrogen-bond donors (Lipinski definition) is 1. The maximum Gasteiger partial charge on any atom is 0.308 e. The van der Waals surface area contributed by atoms with Crippen molar-refractivity contribution in [2.75, 3.05) is 0 Å². The SMILES string of the molecule is CCCC(=O)[C@@H](N)CC(=O)OC(C)(C)C. The predicted molar refractivity (Wildman–Crippen MR) is 58.4 cm³/mol. The lowest BCUT2D eigenvalue weighted by Gasteiger charge is -2.20. The van der Waals surface area contributed by atoms with Crippen LogP contribution in [0.1, 0.15) is 47.0 Å². The van der Waals surface area contributed by atoms with Crippen LogP contribution < -0.4 is 5.73 Å². The zero-order chi connectivity index (χ0) is 12.1. The lowest BCUT2D eigenvalue weighted by molar-refractivity contribution is -0.156. The number of carbonyl (C=O) groups excluding carboxylic acids is 2. The van der Waals surface area contributed by atoms with Crippen molar-refractivity contribution in [2.45, 2.75) is 58.6 Å². The van der Waals surface area contributed by atoms with Crippen LogP contribution in [0.5, 0.6) is 0 Å². The van der Waals surface area contributed by atoms with E-state index in [1.807, 2.05) is 6.92 Å². The van der Waals surface area contributed by atoms with Crippen LogP contribution in [0.15, 0.2) is 0 Å². The highest BCUT2D eigenvalue weighted by Gasteiger charge is 2.21. The summed E-state index contributed by atoms with van der Waals surface area (Å²) < 4.78 is 5.07. The molecular formula is C11H21NO3. The number of carbonyl (C=O) groups is 2. The molecule has 0 heterocycles. The van der Waals surface area contributed by atoms with Gasteiger partial charge in [-0.2, -0.15) is 0 Å². The van der Waals surface area contributed by atoms with Crippen molar-refractivity contribution in [1.82, 2.24) is 0 Å². The van der Waals surface area contributed by atoms with E-state index < -0.39 is 17.6 Å². The largest absolute Gasteiger partial charge is 0.460 e. The van der Waals surface area contributed by atoms with Gasteiger partial charge in [0.05, 0.1) is 12.5 Å². The zero-order valence-corrected chi connectivity index (χ0v) is 10.0. The van der Waals surface area contributed by atoms with Crippen molar-refractivity contribution in [3.05, 3.63) is 0 Å². The van der Waals surface area contributed by atoms with Crippen molar-refractivity contribution >= 4 is 11.8 Å². The number of ether oxygens (including phenoxy) is 1. The van der Waals surface area contributed by atoms with Gasteiger partial charge in [0, 0.05) is 6.42 Å². The lowest BCUT2D eigenvalue weighted by Crippen LogP contribution is -2.35. The fraction of sp³-hybridized carbons (Fsp3) is 0.818. The minimum atomic E-state index is -0.722. The average molecular weight is 215 g/mol. The number of Topliss-reactive ketones (excluding diaryl/α,β-unsaturated/α-hetero) is 1. The molecule has 0 saturated carbocycles. The first kappa shape index (κ1) is 14.1. The lowest BCUT2D eigenvalue weighted by atomic mass is 10.1. The summed E-state index contributed by atoms with van der Waals surface area (Å²) in [5.74, 6) is -0.497. The number of hydrogen-bond acceptors (Lipinski definition) is 4. The topological polar surface area (TPSA) is 69.4 Å². The van der Waals surface area contributed by atoms with Crippen LogP contribution in [0.2, 0.25) is 0 Å². The zero-order valence-electron chi connectivity index (χ0n) is 10.0. The summed E-state index contributed by atoms with van der Waals surface area (Å²) in [6.45, 7) is 7.25. The van der Waals surface area contributed by atoms with Gasteiger partial charge in [0.2, 0.25) is 0 Å². The van der Waals surface area contributed by atoms with Gasteiger partial charge in [-0.25, -0.2) is 0 Å². The highest BCUT2D eigenvalue weighted by atomic mass is 16.6. The van der Waals surface area contributed by atoms with E-state index in [0.717, 1.165) is 6.42 Å². The molecule has 0 fully saturated rings. The molecule has 2 N–H and O–H groups in total. The third-order valence-electron chi connectivity index (χ3n) is 1.72.